The molecule has 0 amide bonds. The summed E-state index contributed by atoms with van der Waals surface area (Å²) in [6.45, 7) is 7.34. The molecule has 1 N–H and O–H groups in total. The third kappa shape index (κ3) is 3.50. The molecule has 4 nitrogen and oxygen atoms in total. The van der Waals surface area contributed by atoms with Crippen LogP contribution >= 0.6 is 11.6 Å². The van der Waals surface area contributed by atoms with E-state index in [0.29, 0.717) is 0 Å². The van der Waals surface area contributed by atoms with E-state index in [1.165, 1.54) is 11.3 Å². The normalized spacial score (nSPS) is 13.6. The van der Waals surface area contributed by atoms with Crippen molar-refractivity contribution in [3.8, 4) is 0 Å². The van der Waals surface area contributed by atoms with Crippen molar-refractivity contribution in [1.29, 1.82) is 0 Å². The quantitative estimate of drug-likeness (QED) is 0.704. The lowest BCUT2D eigenvalue weighted by molar-refractivity contribution is 0.430. The van der Waals surface area contributed by atoms with Crippen molar-refractivity contribution in [2.75, 3.05) is 31.4 Å². The Morgan fingerprint density at radius 2 is 1.80 bits per heavy atom. The van der Waals surface area contributed by atoms with Gasteiger partial charge in [0.2, 0.25) is 0 Å². The van der Waals surface area contributed by atoms with Gasteiger partial charge in [-0.1, -0.05) is 44.0 Å². The van der Waals surface area contributed by atoms with E-state index in [0.717, 1.165) is 42.3 Å². The number of anilines is 2. The number of hydrogen-bond acceptors (Lipinski definition) is 3. The largest absolute Gasteiger partial charge is 0.378 e. The molecule has 0 aliphatic heterocycles. The number of rotatable bonds is 8. The smallest absolute Gasteiger partial charge is 0.143 e. The van der Waals surface area contributed by atoms with Gasteiger partial charge in [-0.2, -0.15) is 5.10 Å². The summed E-state index contributed by atoms with van der Waals surface area (Å²) in [5, 5.41) is 8.86. The molecule has 0 aliphatic carbocycles. The van der Waals surface area contributed by atoms with Crippen LogP contribution < -0.4 is 10.2 Å². The van der Waals surface area contributed by atoms with E-state index < -0.39 is 0 Å². The summed E-state index contributed by atoms with van der Waals surface area (Å²) in [7, 11) is 6.03. The van der Waals surface area contributed by atoms with Crippen molar-refractivity contribution < 1.29 is 0 Å². The van der Waals surface area contributed by atoms with E-state index in [9.17, 15) is 0 Å². The third-order valence-electron chi connectivity index (χ3n) is 5.10. The highest BCUT2D eigenvalue weighted by Crippen LogP contribution is 2.44. The Morgan fingerprint density at radius 1 is 1.16 bits per heavy atom. The molecular weight excluding hydrogens is 332 g/mol. The fourth-order valence-corrected chi connectivity index (χ4v) is 4.08. The van der Waals surface area contributed by atoms with E-state index in [-0.39, 0.29) is 5.41 Å². The van der Waals surface area contributed by atoms with Crippen molar-refractivity contribution in [1.82, 2.24) is 9.78 Å². The average Bonchev–Trinajstić information content (AvgIpc) is 2.96. The second-order valence-electron chi connectivity index (χ2n) is 6.70. The number of nitrogens with zero attached hydrogens (tertiary/aromatic N) is 3. The molecule has 25 heavy (non-hydrogen) atoms. The van der Waals surface area contributed by atoms with Gasteiger partial charge in [0.15, 0.2) is 0 Å². The molecule has 2 rings (SSSR count). The Labute approximate surface area is 157 Å². The highest BCUT2D eigenvalue weighted by Gasteiger charge is 2.37. The molecule has 1 heterocycles. The maximum atomic E-state index is 6.78. The third-order valence-corrected chi connectivity index (χ3v) is 5.46. The number of benzene rings is 1. The number of aryl methyl sites for hydroxylation is 1. The zero-order valence-corrected chi connectivity index (χ0v) is 17.1. The minimum Gasteiger partial charge on any atom is -0.378 e. The van der Waals surface area contributed by atoms with Gasteiger partial charge in [-0.25, -0.2) is 4.68 Å². The molecule has 0 bridgehead atoms. The summed E-state index contributed by atoms with van der Waals surface area (Å²) in [4.78, 5) is 2.12. The van der Waals surface area contributed by atoms with Gasteiger partial charge < -0.3 is 10.2 Å². The maximum Gasteiger partial charge on any atom is 0.143 e. The second-order valence-corrected chi connectivity index (χ2v) is 7.08. The summed E-state index contributed by atoms with van der Waals surface area (Å²) in [5.41, 5.74) is 3.31. The van der Waals surface area contributed by atoms with Crippen LogP contribution in [0.5, 0.6) is 0 Å². The summed E-state index contributed by atoms with van der Waals surface area (Å²) >= 11 is 6.78. The average molecular weight is 363 g/mol. The standard InChI is InChI=1S/C20H31ClN4/c1-7-14-20(8-2,15-10-12-16(13-11-15)24(5)6)18-17(21)19(22-4)25(9-3)23-18/h10-13,22H,7-9,14H2,1-6H3. The summed E-state index contributed by atoms with van der Waals surface area (Å²) in [6.07, 6.45) is 3.06. The van der Waals surface area contributed by atoms with Crippen molar-refractivity contribution in [2.45, 2.75) is 52.0 Å². The van der Waals surface area contributed by atoms with Gasteiger partial charge in [-0.15, -0.1) is 0 Å². The van der Waals surface area contributed by atoms with Crippen LogP contribution in [0.2, 0.25) is 5.02 Å². The monoisotopic (exact) mass is 362 g/mol. The molecule has 0 radical (unpaired) electrons. The Bertz CT molecular complexity index is 690. The topological polar surface area (TPSA) is 33.1 Å². The number of hydrogen-bond donors (Lipinski definition) is 1. The van der Waals surface area contributed by atoms with Crippen molar-refractivity contribution in [3.05, 3.63) is 40.5 Å². The number of nitrogens with one attached hydrogen (secondary N) is 1. The van der Waals surface area contributed by atoms with Crippen LogP contribution in [0, 0.1) is 0 Å². The van der Waals surface area contributed by atoms with E-state index in [1.54, 1.807) is 0 Å². The second kappa shape index (κ2) is 8.13. The van der Waals surface area contributed by atoms with E-state index >= 15 is 0 Å². The van der Waals surface area contributed by atoms with Crippen molar-refractivity contribution in [3.63, 3.8) is 0 Å². The molecule has 1 unspecified atom stereocenters. The molecular formula is C20H31ClN4. The Kier molecular flexibility index (Phi) is 6.39. The summed E-state index contributed by atoms with van der Waals surface area (Å²) in [5.74, 6) is 0.901. The zero-order valence-electron chi connectivity index (χ0n) is 16.4. The van der Waals surface area contributed by atoms with Gasteiger partial charge >= 0.3 is 0 Å². The molecule has 0 spiro atoms. The fraction of sp³-hybridized carbons (Fsp3) is 0.550. The first-order valence-electron chi connectivity index (χ1n) is 9.17. The minimum absolute atomic E-state index is 0.164. The lowest BCUT2D eigenvalue weighted by Gasteiger charge is -2.32. The van der Waals surface area contributed by atoms with Crippen molar-refractivity contribution >= 4 is 23.1 Å². The molecule has 1 aromatic heterocycles. The van der Waals surface area contributed by atoms with Crippen LogP contribution in [0.1, 0.15) is 51.3 Å². The molecule has 2 aromatic rings. The minimum atomic E-state index is -0.164. The highest BCUT2D eigenvalue weighted by atomic mass is 35.5. The molecule has 0 saturated heterocycles. The van der Waals surface area contributed by atoms with Gasteiger partial charge in [-0.05, 0) is 37.5 Å². The summed E-state index contributed by atoms with van der Waals surface area (Å²) < 4.78 is 1.96. The zero-order chi connectivity index (χ0) is 18.6. The molecule has 138 valence electrons. The molecule has 1 aromatic carbocycles. The Balaban J connectivity index is 2.64. The molecule has 5 heteroatoms. The number of halogens is 1. The van der Waals surface area contributed by atoms with Crippen LogP contribution in [0.3, 0.4) is 0 Å². The van der Waals surface area contributed by atoms with Gasteiger partial charge in [0, 0.05) is 38.8 Å². The fourth-order valence-electron chi connectivity index (χ4n) is 3.67. The Morgan fingerprint density at radius 3 is 2.20 bits per heavy atom. The van der Waals surface area contributed by atoms with Gasteiger partial charge in [0.1, 0.15) is 10.8 Å². The first kappa shape index (κ1) is 19.6. The van der Waals surface area contributed by atoms with E-state index in [2.05, 4.69) is 69.3 Å². The van der Waals surface area contributed by atoms with E-state index in [1.807, 2.05) is 11.7 Å². The Hall–Kier alpha value is -1.68. The van der Waals surface area contributed by atoms with Crippen LogP contribution in [0.15, 0.2) is 24.3 Å². The first-order chi connectivity index (χ1) is 11.9. The lowest BCUT2D eigenvalue weighted by atomic mass is 9.72. The van der Waals surface area contributed by atoms with Crippen molar-refractivity contribution in [2.24, 2.45) is 0 Å². The van der Waals surface area contributed by atoms with Crippen LogP contribution in [0.25, 0.3) is 0 Å². The SMILES string of the molecule is CCCC(CC)(c1ccc(N(C)C)cc1)c1nn(CC)c(NC)c1Cl. The lowest BCUT2D eigenvalue weighted by Crippen LogP contribution is -2.28. The molecule has 0 saturated carbocycles. The molecule has 0 aliphatic rings. The highest BCUT2D eigenvalue weighted by molar-refractivity contribution is 6.33. The first-order valence-corrected chi connectivity index (χ1v) is 9.55. The maximum absolute atomic E-state index is 6.78. The van der Waals surface area contributed by atoms with Gasteiger partial charge in [-0.3, -0.25) is 0 Å². The van der Waals surface area contributed by atoms with Crippen LogP contribution in [0.4, 0.5) is 11.5 Å². The van der Waals surface area contributed by atoms with Gasteiger partial charge in [0.25, 0.3) is 0 Å². The van der Waals surface area contributed by atoms with E-state index in [4.69, 9.17) is 16.7 Å². The predicted molar refractivity (Wildman–Crippen MR) is 109 cm³/mol. The van der Waals surface area contributed by atoms with Gasteiger partial charge in [0.05, 0.1) is 5.69 Å². The predicted octanol–water partition coefficient (Wildman–Crippen LogP) is 5.16. The number of aromatic nitrogens is 2. The molecule has 1 atom stereocenters. The summed E-state index contributed by atoms with van der Waals surface area (Å²) in [6, 6.07) is 8.82. The molecule has 0 fully saturated rings. The van der Waals surface area contributed by atoms with Crippen LogP contribution in [-0.4, -0.2) is 30.9 Å². The van der Waals surface area contributed by atoms with Crippen LogP contribution in [-0.2, 0) is 12.0 Å².